The second kappa shape index (κ2) is 9.16. The fraction of sp³-hybridized carbons (Fsp3) is 0.435. The van der Waals surface area contributed by atoms with Crippen molar-refractivity contribution in [2.45, 2.75) is 37.8 Å². The van der Waals surface area contributed by atoms with Crippen LogP contribution in [0.25, 0.3) is 0 Å². The molecule has 0 radical (unpaired) electrons. The number of nitrogens with zero attached hydrogens (tertiary/aromatic N) is 1. The van der Waals surface area contributed by atoms with Crippen LogP contribution in [0.2, 0.25) is 0 Å². The molecule has 0 amide bonds. The maximum Gasteiger partial charge on any atom is 0.348 e. The number of benzene rings is 2. The molecule has 3 rings (SSSR count). The molecule has 2 aromatic carbocycles. The van der Waals surface area contributed by atoms with Crippen molar-refractivity contribution in [3.05, 3.63) is 71.8 Å². The second-order valence-corrected chi connectivity index (χ2v) is 6.92. The Labute approximate surface area is 166 Å². The maximum atomic E-state index is 13.7. The van der Waals surface area contributed by atoms with E-state index in [-0.39, 0.29) is 19.1 Å². The zero-order valence-corrected chi connectivity index (χ0v) is 15.8. The molecule has 0 unspecified atom stereocenters. The third kappa shape index (κ3) is 4.40. The Morgan fingerprint density at radius 3 is 2.15 bits per heavy atom. The van der Waals surface area contributed by atoms with Gasteiger partial charge in [0.05, 0.1) is 0 Å². The fourth-order valence-corrected chi connectivity index (χ4v) is 3.51. The first-order chi connectivity index (χ1) is 14.3. The molecule has 0 N–H and O–H groups in total. The number of likely N-dealkylation sites (tertiary alicyclic amines) is 1. The molecule has 0 spiro atoms. The van der Waals surface area contributed by atoms with Gasteiger partial charge >= 0.3 is 5.97 Å². The molecule has 0 saturated carbocycles. The fourth-order valence-electron chi connectivity index (χ4n) is 3.51. The van der Waals surface area contributed by atoms with E-state index in [1.807, 2.05) is 67.7 Å². The lowest BCUT2D eigenvalue weighted by Crippen LogP contribution is -2.45. The maximum absolute atomic E-state index is 13.7. The average Bonchev–Trinajstić information content (AvgIpc) is 2.73. The van der Waals surface area contributed by atoms with E-state index in [1.165, 1.54) is 0 Å². The first-order valence-corrected chi connectivity index (χ1v) is 9.46. The van der Waals surface area contributed by atoms with E-state index in [0.29, 0.717) is 11.1 Å². The van der Waals surface area contributed by atoms with Gasteiger partial charge in [0, 0.05) is 23.8 Å². The molecular weight excluding hydrogens is 338 g/mol. The van der Waals surface area contributed by atoms with Gasteiger partial charge in [-0.2, -0.15) is 0 Å². The van der Waals surface area contributed by atoms with Gasteiger partial charge in [-0.05, 0) is 37.4 Å². The van der Waals surface area contributed by atoms with E-state index >= 15 is 0 Å². The molecule has 4 nitrogen and oxygen atoms in total. The number of hydrogen-bond donors (Lipinski definition) is 0. The number of piperidine rings is 1. The van der Waals surface area contributed by atoms with Gasteiger partial charge in [0.2, 0.25) is 5.60 Å². The summed E-state index contributed by atoms with van der Waals surface area (Å²) in [6.07, 6.45) is 1.18. The highest BCUT2D eigenvalue weighted by molar-refractivity contribution is 5.86. The predicted octanol–water partition coefficient (Wildman–Crippen LogP) is 3.99. The van der Waals surface area contributed by atoms with Crippen LogP contribution in [-0.2, 0) is 19.9 Å². The minimum absolute atomic E-state index is 0.0945. The van der Waals surface area contributed by atoms with E-state index in [2.05, 4.69) is 4.90 Å². The lowest BCUT2D eigenvalue weighted by atomic mass is 9.85. The SMILES string of the molecule is [2H]C([2H])([2H])CCOC(C(=O)OC1CCN(C)CC1)(c1ccccc1)c1ccccc1. The van der Waals surface area contributed by atoms with Crippen LogP contribution in [0.1, 0.15) is 41.4 Å². The quantitative estimate of drug-likeness (QED) is 0.691. The first kappa shape index (κ1) is 15.8. The van der Waals surface area contributed by atoms with E-state index in [4.69, 9.17) is 13.6 Å². The Hall–Kier alpha value is -2.17. The summed E-state index contributed by atoms with van der Waals surface area (Å²) in [5.74, 6) is -0.500. The molecule has 144 valence electrons. The normalized spacial score (nSPS) is 18.3. The predicted molar refractivity (Wildman–Crippen MR) is 107 cm³/mol. The number of esters is 1. The monoisotopic (exact) mass is 370 g/mol. The molecule has 1 heterocycles. The highest BCUT2D eigenvalue weighted by Crippen LogP contribution is 2.36. The van der Waals surface area contributed by atoms with Gasteiger partial charge in [-0.1, -0.05) is 67.5 Å². The Bertz CT molecular complexity index is 764. The average molecular weight is 371 g/mol. The van der Waals surface area contributed by atoms with Crippen LogP contribution in [-0.4, -0.2) is 43.7 Å². The summed E-state index contributed by atoms with van der Waals surface area (Å²) in [6.45, 7) is -0.511. The van der Waals surface area contributed by atoms with Gasteiger partial charge in [0.1, 0.15) is 6.10 Å². The van der Waals surface area contributed by atoms with Crippen LogP contribution in [0.4, 0.5) is 0 Å². The number of carbonyl (C=O) groups excluding carboxylic acids is 1. The number of rotatable bonds is 7. The van der Waals surface area contributed by atoms with E-state index in [0.717, 1.165) is 25.9 Å². The lowest BCUT2D eigenvalue weighted by Gasteiger charge is -2.36. The van der Waals surface area contributed by atoms with Gasteiger partial charge in [-0.15, -0.1) is 0 Å². The Morgan fingerprint density at radius 2 is 1.63 bits per heavy atom. The smallest absolute Gasteiger partial charge is 0.348 e. The van der Waals surface area contributed by atoms with Crippen LogP contribution in [0.15, 0.2) is 60.7 Å². The zero-order valence-electron chi connectivity index (χ0n) is 18.8. The topological polar surface area (TPSA) is 38.8 Å². The van der Waals surface area contributed by atoms with Crippen LogP contribution in [0.5, 0.6) is 0 Å². The third-order valence-corrected chi connectivity index (χ3v) is 5.01. The van der Waals surface area contributed by atoms with Crippen molar-refractivity contribution >= 4 is 5.97 Å². The highest BCUT2D eigenvalue weighted by atomic mass is 16.6. The molecule has 0 aliphatic carbocycles. The van der Waals surface area contributed by atoms with Crippen molar-refractivity contribution in [3.63, 3.8) is 0 Å². The van der Waals surface area contributed by atoms with Gasteiger partial charge in [0.25, 0.3) is 0 Å². The molecule has 1 fully saturated rings. The minimum atomic E-state index is -2.14. The van der Waals surface area contributed by atoms with Crippen molar-refractivity contribution in [3.8, 4) is 0 Å². The lowest BCUT2D eigenvalue weighted by molar-refractivity contribution is -0.176. The summed E-state index contributed by atoms with van der Waals surface area (Å²) in [5.41, 5.74) is -0.267. The van der Waals surface area contributed by atoms with Gasteiger partial charge in [0.15, 0.2) is 0 Å². The number of hydrogen-bond acceptors (Lipinski definition) is 4. The molecule has 0 bridgehead atoms. The molecule has 2 aromatic rings. The van der Waals surface area contributed by atoms with Crippen LogP contribution < -0.4 is 0 Å². The summed E-state index contributed by atoms with van der Waals surface area (Å²) in [4.78, 5) is 15.9. The molecule has 0 atom stereocenters. The standard InChI is InChI=1S/C23H29NO3/c1-3-18-26-23(19-10-6-4-7-11-19,20-12-8-5-9-13-20)22(25)27-21-14-16-24(2)17-15-21/h4-13,21H,3,14-18H2,1-2H3/i1D3. The second-order valence-electron chi connectivity index (χ2n) is 6.92. The summed E-state index contributed by atoms with van der Waals surface area (Å²) in [6, 6.07) is 18.3. The summed E-state index contributed by atoms with van der Waals surface area (Å²) < 4.78 is 34.7. The van der Waals surface area contributed by atoms with Gasteiger partial charge in [-0.3, -0.25) is 0 Å². The molecule has 4 heteroatoms. The molecule has 27 heavy (non-hydrogen) atoms. The molecule has 1 saturated heterocycles. The van der Waals surface area contributed by atoms with Crippen molar-refractivity contribution in [1.29, 1.82) is 0 Å². The highest BCUT2D eigenvalue weighted by Gasteiger charge is 2.46. The van der Waals surface area contributed by atoms with Crippen LogP contribution in [0.3, 0.4) is 0 Å². The minimum Gasteiger partial charge on any atom is -0.460 e. The van der Waals surface area contributed by atoms with E-state index < -0.39 is 18.4 Å². The summed E-state index contributed by atoms with van der Waals surface area (Å²) in [5, 5.41) is 0. The Morgan fingerprint density at radius 1 is 1.07 bits per heavy atom. The summed E-state index contributed by atoms with van der Waals surface area (Å²) >= 11 is 0. The van der Waals surface area contributed by atoms with Crippen molar-refractivity contribution in [2.75, 3.05) is 26.7 Å². The van der Waals surface area contributed by atoms with E-state index in [1.54, 1.807) is 0 Å². The number of ether oxygens (including phenoxy) is 2. The van der Waals surface area contributed by atoms with Crippen LogP contribution >= 0.6 is 0 Å². The van der Waals surface area contributed by atoms with Crippen LogP contribution in [0, 0.1) is 0 Å². The molecular formula is C23H29NO3. The van der Waals surface area contributed by atoms with Crippen molar-refractivity contribution in [1.82, 2.24) is 4.90 Å². The van der Waals surface area contributed by atoms with E-state index in [9.17, 15) is 4.79 Å². The largest absolute Gasteiger partial charge is 0.460 e. The molecule has 1 aliphatic heterocycles. The van der Waals surface area contributed by atoms with Crippen molar-refractivity contribution in [2.24, 2.45) is 0 Å². The Kier molecular flexibility index (Phi) is 5.37. The molecule has 1 aliphatic rings. The number of carbonyl (C=O) groups is 1. The molecule has 0 aromatic heterocycles. The summed E-state index contributed by atoms with van der Waals surface area (Å²) in [7, 11) is 2.05. The van der Waals surface area contributed by atoms with Crippen molar-refractivity contribution < 1.29 is 18.4 Å². The third-order valence-electron chi connectivity index (χ3n) is 5.01. The van der Waals surface area contributed by atoms with Gasteiger partial charge < -0.3 is 14.4 Å². The zero-order chi connectivity index (χ0) is 21.6. The Balaban J connectivity index is 1.97. The first-order valence-electron chi connectivity index (χ1n) is 11.0. The van der Waals surface area contributed by atoms with Gasteiger partial charge in [-0.25, -0.2) is 4.79 Å².